The van der Waals surface area contributed by atoms with Gasteiger partial charge < -0.3 is 5.32 Å². The zero-order valence-corrected chi connectivity index (χ0v) is 13.8. The van der Waals surface area contributed by atoms with Crippen LogP contribution in [0.3, 0.4) is 0 Å². The summed E-state index contributed by atoms with van der Waals surface area (Å²) < 4.78 is 39.8. The highest BCUT2D eigenvalue weighted by molar-refractivity contribution is 8.00. The van der Waals surface area contributed by atoms with E-state index < -0.39 is 6.55 Å². The molecule has 3 aromatic rings. The normalized spacial score (nSPS) is 11.2. The third-order valence-corrected chi connectivity index (χ3v) is 5.06. The average Bonchev–Trinajstić information content (AvgIpc) is 3.21. The van der Waals surface area contributed by atoms with Crippen LogP contribution in [0.1, 0.15) is 17.9 Å². The van der Waals surface area contributed by atoms with E-state index in [1.807, 2.05) is 0 Å². The molecule has 126 valence electrons. The number of rotatable bonds is 7. The molecule has 2 aromatic heterocycles. The Balaban J connectivity index is 1.53. The zero-order valence-electron chi connectivity index (χ0n) is 12.2. The van der Waals surface area contributed by atoms with Crippen LogP contribution in [0.15, 0.2) is 41.0 Å². The number of hydrogen-bond donors (Lipinski definition) is 1. The fraction of sp³-hybridized carbons (Fsp3) is 0.214. The summed E-state index contributed by atoms with van der Waals surface area (Å²) in [5, 5.41) is 11.7. The number of hydrogen-bond acceptors (Lipinski definition) is 6. The number of alkyl halides is 2. The lowest BCUT2D eigenvalue weighted by Crippen LogP contribution is -2.01. The molecule has 0 fully saturated rings. The van der Waals surface area contributed by atoms with E-state index in [9.17, 15) is 13.2 Å². The van der Waals surface area contributed by atoms with Gasteiger partial charge in [-0.15, -0.1) is 10.2 Å². The average molecular weight is 371 g/mol. The molecule has 0 saturated heterocycles. The van der Waals surface area contributed by atoms with Crippen molar-refractivity contribution in [1.82, 2.24) is 19.7 Å². The maximum absolute atomic E-state index is 12.8. The first-order valence-electron chi connectivity index (χ1n) is 6.86. The molecule has 0 amide bonds. The number of imidazole rings is 1. The number of halogens is 3. The van der Waals surface area contributed by atoms with Crippen molar-refractivity contribution in [2.24, 2.45) is 0 Å². The third kappa shape index (κ3) is 4.26. The van der Waals surface area contributed by atoms with Gasteiger partial charge in [0.2, 0.25) is 5.13 Å². The topological polar surface area (TPSA) is 55.6 Å². The predicted octanol–water partition coefficient (Wildman–Crippen LogP) is 4.17. The van der Waals surface area contributed by atoms with Crippen molar-refractivity contribution in [3.05, 3.63) is 53.9 Å². The highest BCUT2D eigenvalue weighted by atomic mass is 32.2. The van der Waals surface area contributed by atoms with Crippen LogP contribution in [0, 0.1) is 5.82 Å². The fourth-order valence-electron chi connectivity index (χ4n) is 1.88. The monoisotopic (exact) mass is 371 g/mol. The van der Waals surface area contributed by atoms with E-state index in [0.29, 0.717) is 16.0 Å². The molecular weight excluding hydrogens is 359 g/mol. The van der Waals surface area contributed by atoms with E-state index >= 15 is 0 Å². The van der Waals surface area contributed by atoms with Crippen LogP contribution in [0.5, 0.6) is 0 Å². The zero-order chi connectivity index (χ0) is 16.9. The Labute approximate surface area is 143 Å². The van der Waals surface area contributed by atoms with Crippen LogP contribution in [0.2, 0.25) is 0 Å². The van der Waals surface area contributed by atoms with Crippen LogP contribution in [-0.2, 0) is 12.3 Å². The lowest BCUT2D eigenvalue weighted by Gasteiger charge is -2.04. The molecule has 0 atom stereocenters. The number of nitrogens with one attached hydrogen (secondary N) is 1. The summed E-state index contributed by atoms with van der Waals surface area (Å²) in [6.45, 7) is -2.11. The Bertz CT molecular complexity index is 788. The number of benzene rings is 1. The molecule has 3 rings (SSSR count). The second-order valence-electron chi connectivity index (χ2n) is 4.67. The van der Waals surface area contributed by atoms with Gasteiger partial charge in [0.25, 0.3) is 0 Å². The van der Waals surface area contributed by atoms with Crippen LogP contribution in [0.25, 0.3) is 0 Å². The third-order valence-electron chi connectivity index (χ3n) is 3.05. The van der Waals surface area contributed by atoms with Gasteiger partial charge in [0, 0.05) is 18.9 Å². The molecule has 1 N–H and O–H groups in total. The number of anilines is 1. The molecule has 0 unspecified atom stereocenters. The SMILES string of the molecule is Fc1ccc(CNc2nnc(SCc3nccn3C(F)F)s2)cc1. The van der Waals surface area contributed by atoms with Gasteiger partial charge in [-0.2, -0.15) is 8.78 Å². The molecule has 2 heterocycles. The standard InChI is InChI=1S/C14H12F3N5S2/c15-10-3-1-9(2-4-10)7-19-13-20-21-14(24-13)23-8-11-18-5-6-22(11)12(16)17/h1-6,12H,7-8H2,(H,19,20). The summed E-state index contributed by atoms with van der Waals surface area (Å²) in [7, 11) is 0. The van der Waals surface area contributed by atoms with E-state index in [2.05, 4.69) is 20.5 Å². The molecule has 0 spiro atoms. The molecule has 10 heteroatoms. The second-order valence-corrected chi connectivity index (χ2v) is 6.87. The molecule has 5 nitrogen and oxygen atoms in total. The van der Waals surface area contributed by atoms with Crippen molar-refractivity contribution >= 4 is 28.2 Å². The lowest BCUT2D eigenvalue weighted by atomic mass is 10.2. The molecule has 0 aliphatic carbocycles. The first-order valence-corrected chi connectivity index (χ1v) is 8.66. The smallest absolute Gasteiger partial charge is 0.319 e. The quantitative estimate of drug-likeness (QED) is 0.632. The van der Waals surface area contributed by atoms with Gasteiger partial charge in [-0.05, 0) is 17.7 Å². The molecule has 0 saturated carbocycles. The summed E-state index contributed by atoms with van der Waals surface area (Å²) in [6.07, 6.45) is 2.59. The lowest BCUT2D eigenvalue weighted by molar-refractivity contribution is 0.0678. The first kappa shape index (κ1) is 16.8. The van der Waals surface area contributed by atoms with Gasteiger partial charge in [0.1, 0.15) is 11.6 Å². The van der Waals surface area contributed by atoms with Crippen molar-refractivity contribution in [1.29, 1.82) is 0 Å². The van der Waals surface area contributed by atoms with Crippen molar-refractivity contribution in [2.45, 2.75) is 23.2 Å². The van der Waals surface area contributed by atoms with E-state index in [1.54, 1.807) is 12.1 Å². The summed E-state index contributed by atoms with van der Waals surface area (Å²) in [6, 6.07) is 6.15. The summed E-state index contributed by atoms with van der Waals surface area (Å²) in [5.74, 6) is 0.283. The Morgan fingerprint density at radius 1 is 1.21 bits per heavy atom. The van der Waals surface area contributed by atoms with Crippen molar-refractivity contribution < 1.29 is 13.2 Å². The fourth-order valence-corrected chi connectivity index (χ4v) is 3.58. The molecule has 24 heavy (non-hydrogen) atoms. The molecule has 0 aliphatic heterocycles. The van der Waals surface area contributed by atoms with E-state index in [0.717, 1.165) is 10.1 Å². The van der Waals surface area contributed by atoms with Crippen LogP contribution in [0.4, 0.5) is 18.3 Å². The molecular formula is C14H12F3N5S2. The van der Waals surface area contributed by atoms with Gasteiger partial charge in [0.15, 0.2) is 4.34 Å². The van der Waals surface area contributed by atoms with E-state index in [4.69, 9.17) is 0 Å². The van der Waals surface area contributed by atoms with Gasteiger partial charge in [-0.3, -0.25) is 4.57 Å². The van der Waals surface area contributed by atoms with Crippen molar-refractivity contribution in [3.8, 4) is 0 Å². The Morgan fingerprint density at radius 2 is 2.00 bits per heavy atom. The molecule has 1 aromatic carbocycles. The van der Waals surface area contributed by atoms with Gasteiger partial charge in [0.05, 0.1) is 5.75 Å². The Morgan fingerprint density at radius 3 is 2.75 bits per heavy atom. The maximum atomic E-state index is 12.8. The minimum Gasteiger partial charge on any atom is -0.356 e. The highest BCUT2D eigenvalue weighted by Gasteiger charge is 2.13. The maximum Gasteiger partial charge on any atom is 0.319 e. The summed E-state index contributed by atoms with van der Waals surface area (Å²) in [4.78, 5) is 3.91. The largest absolute Gasteiger partial charge is 0.356 e. The number of thioether (sulfide) groups is 1. The molecule has 0 aliphatic rings. The number of aromatic nitrogens is 4. The first-order chi connectivity index (χ1) is 11.6. The predicted molar refractivity (Wildman–Crippen MR) is 86.7 cm³/mol. The van der Waals surface area contributed by atoms with Gasteiger partial charge in [-0.1, -0.05) is 35.2 Å². The Hall–Kier alpha value is -2.07. The van der Waals surface area contributed by atoms with Crippen molar-refractivity contribution in [2.75, 3.05) is 5.32 Å². The highest BCUT2D eigenvalue weighted by Crippen LogP contribution is 2.29. The Kier molecular flexibility index (Phi) is 5.36. The molecule has 0 bridgehead atoms. The van der Waals surface area contributed by atoms with E-state index in [1.165, 1.54) is 47.6 Å². The van der Waals surface area contributed by atoms with Crippen LogP contribution >= 0.6 is 23.1 Å². The van der Waals surface area contributed by atoms with Gasteiger partial charge >= 0.3 is 6.55 Å². The summed E-state index contributed by atoms with van der Waals surface area (Å²) in [5.41, 5.74) is 0.916. The van der Waals surface area contributed by atoms with Crippen LogP contribution < -0.4 is 5.32 Å². The number of nitrogens with zero attached hydrogens (tertiary/aromatic N) is 4. The van der Waals surface area contributed by atoms with Crippen molar-refractivity contribution in [3.63, 3.8) is 0 Å². The van der Waals surface area contributed by atoms with Gasteiger partial charge in [-0.25, -0.2) is 9.37 Å². The second kappa shape index (κ2) is 7.67. The minimum atomic E-state index is -2.61. The van der Waals surface area contributed by atoms with Crippen LogP contribution in [-0.4, -0.2) is 19.7 Å². The summed E-state index contributed by atoms with van der Waals surface area (Å²) >= 11 is 2.62. The molecule has 0 radical (unpaired) electrons. The van der Waals surface area contributed by atoms with E-state index in [-0.39, 0.29) is 17.4 Å². The minimum absolute atomic E-state index is 0.282.